The summed E-state index contributed by atoms with van der Waals surface area (Å²) in [6, 6.07) is 7.11. The van der Waals surface area contributed by atoms with E-state index in [1.54, 1.807) is 17.0 Å². The third-order valence-electron chi connectivity index (χ3n) is 3.34. The van der Waals surface area contributed by atoms with E-state index in [2.05, 4.69) is 5.10 Å². The van der Waals surface area contributed by atoms with Crippen molar-refractivity contribution in [3.63, 3.8) is 0 Å². The summed E-state index contributed by atoms with van der Waals surface area (Å²) in [5.74, 6) is -3.46. The molecular weight excluding hydrogens is 258 g/mol. The second kappa shape index (κ2) is 5.22. The molecule has 20 heavy (non-hydrogen) atoms. The van der Waals surface area contributed by atoms with E-state index in [1.807, 2.05) is 32.9 Å². The van der Waals surface area contributed by atoms with Crippen LogP contribution < -0.4 is 5.01 Å². The quantitative estimate of drug-likeness (QED) is 0.797. The molecule has 108 valence electrons. The fraction of sp³-hybridized carbons (Fsp3) is 0.429. The minimum Gasteiger partial charge on any atom is -0.354 e. The van der Waals surface area contributed by atoms with Gasteiger partial charge in [-0.15, -0.1) is 5.10 Å². The SMILES string of the molecule is CCN(CC)C1=NN(c2ccc(C)cc2)C(=O)C1(O)O. The number of likely N-dealkylation sites (N-methyl/N-ethyl adjacent to an activating group) is 1. The molecule has 0 radical (unpaired) electrons. The Morgan fingerprint density at radius 2 is 1.75 bits per heavy atom. The first-order valence-corrected chi connectivity index (χ1v) is 6.61. The maximum Gasteiger partial charge on any atom is 0.315 e. The minimum atomic E-state index is -2.57. The summed E-state index contributed by atoms with van der Waals surface area (Å²) in [5.41, 5.74) is 1.56. The van der Waals surface area contributed by atoms with Crippen LogP contribution in [0.5, 0.6) is 0 Å². The molecule has 0 bridgehead atoms. The summed E-state index contributed by atoms with van der Waals surface area (Å²) in [6.45, 7) is 6.73. The second-order valence-corrected chi connectivity index (χ2v) is 4.72. The van der Waals surface area contributed by atoms with E-state index < -0.39 is 11.7 Å². The van der Waals surface area contributed by atoms with Crippen molar-refractivity contribution < 1.29 is 15.0 Å². The number of amides is 1. The molecule has 1 aromatic carbocycles. The first kappa shape index (κ1) is 14.5. The molecule has 0 saturated carbocycles. The number of aryl methyl sites for hydroxylation is 1. The van der Waals surface area contributed by atoms with Crippen LogP contribution in [-0.2, 0) is 4.79 Å². The van der Waals surface area contributed by atoms with E-state index in [0.29, 0.717) is 18.8 Å². The second-order valence-electron chi connectivity index (χ2n) is 4.72. The molecule has 2 N–H and O–H groups in total. The van der Waals surface area contributed by atoms with E-state index in [-0.39, 0.29) is 5.84 Å². The Balaban J connectivity index is 2.41. The van der Waals surface area contributed by atoms with Gasteiger partial charge in [0.25, 0.3) is 0 Å². The highest BCUT2D eigenvalue weighted by Crippen LogP contribution is 2.26. The fourth-order valence-electron chi connectivity index (χ4n) is 2.12. The third-order valence-corrected chi connectivity index (χ3v) is 3.34. The Morgan fingerprint density at radius 1 is 1.20 bits per heavy atom. The van der Waals surface area contributed by atoms with Crippen molar-refractivity contribution in [1.82, 2.24) is 4.90 Å². The molecule has 2 rings (SSSR count). The van der Waals surface area contributed by atoms with Crippen molar-refractivity contribution in [2.45, 2.75) is 26.6 Å². The number of hydrogen-bond donors (Lipinski definition) is 2. The zero-order valence-electron chi connectivity index (χ0n) is 11.9. The van der Waals surface area contributed by atoms with Crippen LogP contribution in [0.15, 0.2) is 29.4 Å². The van der Waals surface area contributed by atoms with Gasteiger partial charge in [0.15, 0.2) is 5.84 Å². The number of carbonyl (C=O) groups is 1. The molecule has 0 saturated heterocycles. The highest BCUT2D eigenvalue weighted by molar-refractivity contribution is 6.19. The summed E-state index contributed by atoms with van der Waals surface area (Å²) in [7, 11) is 0. The molecule has 1 aliphatic rings. The first-order chi connectivity index (χ1) is 9.41. The largest absolute Gasteiger partial charge is 0.354 e. The molecule has 1 amide bonds. The van der Waals surface area contributed by atoms with E-state index in [0.717, 1.165) is 10.6 Å². The number of carbonyl (C=O) groups excluding carboxylic acids is 1. The summed E-state index contributed by atoms with van der Waals surface area (Å²) in [4.78, 5) is 13.8. The lowest BCUT2D eigenvalue weighted by Gasteiger charge is -2.25. The molecule has 0 atom stereocenters. The molecule has 0 aliphatic carbocycles. The average Bonchev–Trinajstić information content (AvgIpc) is 2.65. The van der Waals surface area contributed by atoms with Crippen LogP contribution >= 0.6 is 0 Å². The number of nitrogens with zero attached hydrogens (tertiary/aromatic N) is 3. The van der Waals surface area contributed by atoms with Crippen molar-refractivity contribution in [2.75, 3.05) is 18.1 Å². The van der Waals surface area contributed by atoms with E-state index >= 15 is 0 Å². The summed E-state index contributed by atoms with van der Waals surface area (Å²) in [6.07, 6.45) is 0. The molecule has 1 heterocycles. The Morgan fingerprint density at radius 3 is 2.25 bits per heavy atom. The lowest BCUT2D eigenvalue weighted by Crippen LogP contribution is -2.52. The van der Waals surface area contributed by atoms with Crippen molar-refractivity contribution >= 4 is 17.4 Å². The molecule has 0 spiro atoms. The van der Waals surface area contributed by atoms with Gasteiger partial charge in [0.1, 0.15) is 0 Å². The first-order valence-electron chi connectivity index (χ1n) is 6.61. The molecule has 0 unspecified atom stereocenters. The monoisotopic (exact) mass is 277 g/mol. The predicted molar refractivity (Wildman–Crippen MR) is 76.2 cm³/mol. The number of amidine groups is 1. The maximum absolute atomic E-state index is 12.1. The van der Waals surface area contributed by atoms with Crippen molar-refractivity contribution in [3.8, 4) is 0 Å². The van der Waals surface area contributed by atoms with Crippen LogP contribution in [0.25, 0.3) is 0 Å². The lowest BCUT2D eigenvalue weighted by atomic mass is 10.2. The van der Waals surface area contributed by atoms with Gasteiger partial charge in [0.05, 0.1) is 5.69 Å². The van der Waals surface area contributed by atoms with Crippen LogP contribution in [0.2, 0.25) is 0 Å². The summed E-state index contributed by atoms with van der Waals surface area (Å²) >= 11 is 0. The Kier molecular flexibility index (Phi) is 3.78. The number of hydrazone groups is 1. The highest BCUT2D eigenvalue weighted by Gasteiger charge is 2.51. The molecule has 0 aromatic heterocycles. The highest BCUT2D eigenvalue weighted by atomic mass is 16.5. The normalized spacial score (nSPS) is 17.4. The van der Waals surface area contributed by atoms with Gasteiger partial charge < -0.3 is 15.1 Å². The molecule has 1 aromatic rings. The van der Waals surface area contributed by atoms with Gasteiger partial charge in [-0.3, -0.25) is 4.79 Å². The van der Waals surface area contributed by atoms with Crippen LogP contribution in [0.3, 0.4) is 0 Å². The van der Waals surface area contributed by atoms with E-state index in [1.165, 1.54) is 0 Å². The van der Waals surface area contributed by atoms with Crippen molar-refractivity contribution in [2.24, 2.45) is 5.10 Å². The standard InChI is InChI=1S/C14H19N3O3/c1-4-16(5-2)12-14(19,20)13(18)17(15-12)11-8-6-10(3)7-9-11/h6-9,19-20H,4-5H2,1-3H3. The van der Waals surface area contributed by atoms with Gasteiger partial charge in [-0.05, 0) is 32.9 Å². The van der Waals surface area contributed by atoms with Gasteiger partial charge in [0.2, 0.25) is 0 Å². The Labute approximate surface area is 117 Å². The number of benzene rings is 1. The van der Waals surface area contributed by atoms with Gasteiger partial charge in [-0.25, -0.2) is 0 Å². The number of rotatable bonds is 3. The van der Waals surface area contributed by atoms with Gasteiger partial charge in [0, 0.05) is 13.1 Å². The van der Waals surface area contributed by atoms with E-state index in [4.69, 9.17) is 0 Å². The third kappa shape index (κ3) is 2.28. The number of hydrogen-bond acceptors (Lipinski definition) is 5. The predicted octanol–water partition coefficient (Wildman–Crippen LogP) is 0.678. The number of anilines is 1. The zero-order chi connectivity index (χ0) is 14.9. The summed E-state index contributed by atoms with van der Waals surface area (Å²) < 4.78 is 0. The fourth-order valence-corrected chi connectivity index (χ4v) is 2.12. The smallest absolute Gasteiger partial charge is 0.315 e. The van der Waals surface area contributed by atoms with Gasteiger partial charge >= 0.3 is 11.7 Å². The lowest BCUT2D eigenvalue weighted by molar-refractivity contribution is -0.157. The van der Waals surface area contributed by atoms with Crippen LogP contribution in [0.4, 0.5) is 5.69 Å². The average molecular weight is 277 g/mol. The zero-order valence-corrected chi connectivity index (χ0v) is 11.9. The maximum atomic E-state index is 12.1. The van der Waals surface area contributed by atoms with Crippen molar-refractivity contribution in [1.29, 1.82) is 0 Å². The van der Waals surface area contributed by atoms with E-state index in [9.17, 15) is 15.0 Å². The number of aliphatic hydroxyl groups is 2. The molecule has 6 heteroatoms. The minimum absolute atomic E-state index is 0.0342. The van der Waals surface area contributed by atoms with Crippen molar-refractivity contribution in [3.05, 3.63) is 29.8 Å². The van der Waals surface area contributed by atoms with Gasteiger partial charge in [-0.1, -0.05) is 17.7 Å². The molecule has 6 nitrogen and oxygen atoms in total. The van der Waals surface area contributed by atoms with Crippen LogP contribution in [0, 0.1) is 6.92 Å². The van der Waals surface area contributed by atoms with Crippen LogP contribution in [-0.4, -0.2) is 45.7 Å². The molecular formula is C14H19N3O3. The van der Waals surface area contributed by atoms with Gasteiger partial charge in [-0.2, -0.15) is 5.01 Å². The summed E-state index contributed by atoms with van der Waals surface area (Å²) in [5, 5.41) is 25.2. The molecule has 0 fully saturated rings. The Bertz CT molecular complexity index is 533. The Hall–Kier alpha value is -1.92. The topological polar surface area (TPSA) is 76.4 Å². The molecule has 1 aliphatic heterocycles. The van der Waals surface area contributed by atoms with Crippen LogP contribution in [0.1, 0.15) is 19.4 Å².